The van der Waals surface area contributed by atoms with Crippen LogP contribution in [0.15, 0.2) is 12.3 Å². The molecule has 1 aromatic heterocycles. The summed E-state index contributed by atoms with van der Waals surface area (Å²) in [6, 6.07) is 2.02. The number of ether oxygens (including phenoxy) is 1. The van der Waals surface area contributed by atoms with Gasteiger partial charge in [-0.2, -0.15) is 5.10 Å². The van der Waals surface area contributed by atoms with E-state index in [1.54, 1.807) is 16.9 Å². The zero-order chi connectivity index (χ0) is 14.8. The molecule has 1 saturated heterocycles. The first-order valence-corrected chi connectivity index (χ1v) is 7.41. The fourth-order valence-corrected chi connectivity index (χ4v) is 3.32. The number of nitrogens with zero attached hydrogens (tertiary/aromatic N) is 3. The fraction of sp³-hybridized carbons (Fsp3) is 0.714. The van der Waals surface area contributed by atoms with E-state index < -0.39 is 0 Å². The summed E-state index contributed by atoms with van der Waals surface area (Å²) in [6.07, 6.45) is 3.74. The molecule has 0 radical (unpaired) electrons. The van der Waals surface area contributed by atoms with Crippen LogP contribution < -0.4 is 5.32 Å². The predicted molar refractivity (Wildman–Crippen MR) is 76.7 cm³/mol. The standard InChI is InChI=1S/C14H22N4O3/c1-17-3-2-13(16-17)15-14(20)8-18-4-5-21-12-7-10(9-19)6-11(12)18/h2-3,10-12,19H,4-9H2,1H3,(H,15,16,20)/t10-,11+,12+/m1/s1. The van der Waals surface area contributed by atoms with Gasteiger partial charge in [0, 0.05) is 38.5 Å². The lowest BCUT2D eigenvalue weighted by Gasteiger charge is -2.37. The number of aliphatic hydroxyl groups excluding tert-OH is 1. The van der Waals surface area contributed by atoms with Gasteiger partial charge < -0.3 is 15.2 Å². The van der Waals surface area contributed by atoms with Crippen LogP contribution in [0.4, 0.5) is 5.82 Å². The van der Waals surface area contributed by atoms with Crippen LogP contribution in [-0.2, 0) is 16.6 Å². The van der Waals surface area contributed by atoms with Gasteiger partial charge in [0.05, 0.1) is 19.3 Å². The summed E-state index contributed by atoms with van der Waals surface area (Å²) in [6.45, 7) is 1.95. The Morgan fingerprint density at radius 2 is 2.43 bits per heavy atom. The number of aromatic nitrogens is 2. The van der Waals surface area contributed by atoms with E-state index in [1.165, 1.54) is 0 Å². The number of aryl methyl sites for hydroxylation is 1. The number of aliphatic hydroxyl groups is 1. The quantitative estimate of drug-likeness (QED) is 0.806. The highest BCUT2D eigenvalue weighted by molar-refractivity contribution is 5.91. The van der Waals surface area contributed by atoms with E-state index in [1.807, 2.05) is 7.05 Å². The SMILES string of the molecule is Cn1ccc(NC(=O)CN2CCO[C@H]3C[C@H](CO)C[C@@H]32)n1. The number of morpholine rings is 1. The monoisotopic (exact) mass is 294 g/mol. The van der Waals surface area contributed by atoms with Gasteiger partial charge in [0.2, 0.25) is 5.91 Å². The van der Waals surface area contributed by atoms with E-state index in [9.17, 15) is 9.90 Å². The highest BCUT2D eigenvalue weighted by Gasteiger charge is 2.41. The van der Waals surface area contributed by atoms with Gasteiger partial charge in [0.25, 0.3) is 0 Å². The Kier molecular flexibility index (Phi) is 4.23. The molecular formula is C14H22N4O3. The van der Waals surface area contributed by atoms with Crippen LogP contribution in [0.2, 0.25) is 0 Å². The Morgan fingerprint density at radius 1 is 1.57 bits per heavy atom. The Hall–Kier alpha value is -1.44. The summed E-state index contributed by atoms with van der Waals surface area (Å²) >= 11 is 0. The summed E-state index contributed by atoms with van der Waals surface area (Å²) in [4.78, 5) is 14.3. The second-order valence-corrected chi connectivity index (χ2v) is 5.89. The molecule has 1 amide bonds. The average Bonchev–Trinajstić information content (AvgIpc) is 3.05. The van der Waals surface area contributed by atoms with Gasteiger partial charge in [-0.05, 0) is 18.8 Å². The molecule has 1 aliphatic carbocycles. The van der Waals surface area contributed by atoms with Crippen LogP contribution in [0.5, 0.6) is 0 Å². The van der Waals surface area contributed by atoms with Crippen molar-refractivity contribution in [2.45, 2.75) is 25.0 Å². The minimum Gasteiger partial charge on any atom is -0.396 e. The van der Waals surface area contributed by atoms with E-state index >= 15 is 0 Å². The molecule has 0 unspecified atom stereocenters. The first-order valence-electron chi connectivity index (χ1n) is 7.41. The number of carbonyl (C=O) groups excluding carboxylic acids is 1. The maximum atomic E-state index is 12.1. The zero-order valence-corrected chi connectivity index (χ0v) is 12.2. The Balaban J connectivity index is 1.57. The fourth-order valence-electron chi connectivity index (χ4n) is 3.32. The topological polar surface area (TPSA) is 79.6 Å². The molecule has 21 heavy (non-hydrogen) atoms. The van der Waals surface area contributed by atoms with E-state index in [-0.39, 0.29) is 24.7 Å². The Bertz CT molecular complexity index is 504. The highest BCUT2D eigenvalue weighted by atomic mass is 16.5. The molecule has 2 aliphatic rings. The molecule has 3 rings (SSSR count). The normalized spacial score (nSPS) is 29.3. The van der Waals surface area contributed by atoms with Gasteiger partial charge in [-0.1, -0.05) is 0 Å². The largest absolute Gasteiger partial charge is 0.396 e. The number of hydrogen-bond donors (Lipinski definition) is 2. The molecule has 3 atom stereocenters. The lowest BCUT2D eigenvalue weighted by atomic mass is 10.1. The summed E-state index contributed by atoms with van der Waals surface area (Å²) in [5, 5.41) is 16.3. The lowest BCUT2D eigenvalue weighted by Crippen LogP contribution is -2.51. The molecule has 0 bridgehead atoms. The summed E-state index contributed by atoms with van der Waals surface area (Å²) in [5.74, 6) is 0.813. The third-order valence-electron chi connectivity index (χ3n) is 4.34. The minimum absolute atomic E-state index is 0.0539. The zero-order valence-electron chi connectivity index (χ0n) is 12.2. The molecule has 0 aromatic carbocycles. The van der Waals surface area contributed by atoms with Crippen molar-refractivity contribution < 1.29 is 14.6 Å². The van der Waals surface area contributed by atoms with Gasteiger partial charge in [-0.3, -0.25) is 14.4 Å². The second kappa shape index (κ2) is 6.13. The number of carbonyl (C=O) groups is 1. The highest BCUT2D eigenvalue weighted by Crippen LogP contribution is 2.33. The molecule has 7 nitrogen and oxygen atoms in total. The molecule has 116 valence electrons. The molecule has 1 aliphatic heterocycles. The van der Waals surface area contributed by atoms with Crippen LogP contribution >= 0.6 is 0 Å². The van der Waals surface area contributed by atoms with E-state index in [2.05, 4.69) is 15.3 Å². The van der Waals surface area contributed by atoms with Gasteiger partial charge in [-0.25, -0.2) is 0 Å². The average molecular weight is 294 g/mol. The number of nitrogens with one attached hydrogen (secondary N) is 1. The van der Waals surface area contributed by atoms with Gasteiger partial charge in [0.15, 0.2) is 5.82 Å². The predicted octanol–water partition coefficient (Wildman–Crippen LogP) is -0.170. The molecule has 1 aromatic rings. The maximum absolute atomic E-state index is 12.1. The third kappa shape index (κ3) is 3.25. The molecule has 2 N–H and O–H groups in total. The van der Waals surface area contributed by atoms with Gasteiger partial charge in [-0.15, -0.1) is 0 Å². The first-order chi connectivity index (χ1) is 10.2. The van der Waals surface area contributed by atoms with Crippen molar-refractivity contribution in [1.29, 1.82) is 0 Å². The van der Waals surface area contributed by atoms with Crippen LogP contribution in [0.3, 0.4) is 0 Å². The summed E-state index contributed by atoms with van der Waals surface area (Å²) < 4.78 is 7.42. The van der Waals surface area contributed by atoms with Crippen LogP contribution in [0.25, 0.3) is 0 Å². The molecule has 1 saturated carbocycles. The van der Waals surface area contributed by atoms with Crippen molar-refractivity contribution in [2.75, 3.05) is 31.6 Å². The van der Waals surface area contributed by atoms with Crippen molar-refractivity contribution in [3.05, 3.63) is 12.3 Å². The van der Waals surface area contributed by atoms with Crippen molar-refractivity contribution in [2.24, 2.45) is 13.0 Å². The van der Waals surface area contributed by atoms with Crippen LogP contribution in [-0.4, -0.2) is 64.1 Å². The van der Waals surface area contributed by atoms with Gasteiger partial charge in [0.1, 0.15) is 0 Å². The number of fused-ring (bicyclic) bond motifs is 1. The van der Waals surface area contributed by atoms with Crippen LogP contribution in [0, 0.1) is 5.92 Å². The Morgan fingerprint density at radius 3 is 3.14 bits per heavy atom. The Labute approximate surface area is 123 Å². The third-order valence-corrected chi connectivity index (χ3v) is 4.34. The van der Waals surface area contributed by atoms with Gasteiger partial charge >= 0.3 is 0 Å². The van der Waals surface area contributed by atoms with Crippen molar-refractivity contribution in [1.82, 2.24) is 14.7 Å². The maximum Gasteiger partial charge on any atom is 0.239 e. The number of amides is 1. The van der Waals surface area contributed by atoms with Crippen LogP contribution in [0.1, 0.15) is 12.8 Å². The molecule has 2 heterocycles. The summed E-state index contributed by atoms with van der Waals surface area (Å²) in [5.41, 5.74) is 0. The smallest absolute Gasteiger partial charge is 0.239 e. The second-order valence-electron chi connectivity index (χ2n) is 5.89. The van der Waals surface area contributed by atoms with Crippen molar-refractivity contribution in [3.63, 3.8) is 0 Å². The molecular weight excluding hydrogens is 272 g/mol. The van der Waals surface area contributed by atoms with Crippen molar-refractivity contribution >= 4 is 11.7 Å². The van der Waals surface area contributed by atoms with E-state index in [4.69, 9.17) is 4.74 Å². The minimum atomic E-state index is -0.0539. The number of anilines is 1. The number of hydrogen-bond acceptors (Lipinski definition) is 5. The molecule has 7 heteroatoms. The number of rotatable bonds is 4. The van der Waals surface area contributed by atoms with Crippen molar-refractivity contribution in [3.8, 4) is 0 Å². The van der Waals surface area contributed by atoms with E-state index in [0.717, 1.165) is 19.4 Å². The molecule has 0 spiro atoms. The lowest BCUT2D eigenvalue weighted by molar-refractivity contribution is -0.121. The summed E-state index contributed by atoms with van der Waals surface area (Å²) in [7, 11) is 1.82. The first kappa shape index (κ1) is 14.5. The van der Waals surface area contributed by atoms with E-state index in [0.29, 0.717) is 24.9 Å². The molecule has 2 fully saturated rings.